The molecule has 2 rings (SSSR count). The standard InChI is InChI=1S/C14H14FIN2O/c1-2-12(10-8-9(15)5-6-11(10)16)19-13-4-3-7-18-14(13)17/h3-8,12H,2H2,1H3,(H2,17,18)/t12-/m0/s1. The molecule has 0 unspecified atom stereocenters. The van der Waals surface area contributed by atoms with Crippen molar-refractivity contribution >= 4 is 28.4 Å². The van der Waals surface area contributed by atoms with Gasteiger partial charge in [-0.1, -0.05) is 6.92 Å². The van der Waals surface area contributed by atoms with E-state index in [1.807, 2.05) is 6.92 Å². The average Bonchev–Trinajstić information content (AvgIpc) is 2.41. The molecule has 1 aromatic heterocycles. The van der Waals surface area contributed by atoms with Gasteiger partial charge in [0.15, 0.2) is 11.6 Å². The van der Waals surface area contributed by atoms with Gasteiger partial charge in [0.25, 0.3) is 0 Å². The molecule has 0 saturated carbocycles. The van der Waals surface area contributed by atoms with Crippen molar-refractivity contribution < 1.29 is 9.13 Å². The van der Waals surface area contributed by atoms with Crippen LogP contribution in [0, 0.1) is 9.39 Å². The summed E-state index contributed by atoms with van der Waals surface area (Å²) in [7, 11) is 0. The average molecular weight is 372 g/mol. The predicted molar refractivity (Wildman–Crippen MR) is 81.4 cm³/mol. The van der Waals surface area contributed by atoms with E-state index in [0.29, 0.717) is 18.0 Å². The van der Waals surface area contributed by atoms with Crippen molar-refractivity contribution in [2.45, 2.75) is 19.4 Å². The summed E-state index contributed by atoms with van der Waals surface area (Å²) in [5, 5.41) is 0. The van der Waals surface area contributed by atoms with Gasteiger partial charge in [-0.25, -0.2) is 9.37 Å². The number of nitrogens with two attached hydrogens (primary N) is 1. The van der Waals surface area contributed by atoms with Gasteiger partial charge in [-0.3, -0.25) is 0 Å². The number of aromatic nitrogens is 1. The number of nitrogen functional groups attached to an aromatic ring is 1. The van der Waals surface area contributed by atoms with Gasteiger partial charge in [-0.15, -0.1) is 0 Å². The molecule has 0 spiro atoms. The molecule has 1 aromatic carbocycles. The lowest BCUT2D eigenvalue weighted by molar-refractivity contribution is 0.200. The van der Waals surface area contributed by atoms with Gasteiger partial charge in [0.05, 0.1) is 0 Å². The highest BCUT2D eigenvalue weighted by molar-refractivity contribution is 14.1. The zero-order valence-corrected chi connectivity index (χ0v) is 12.6. The molecule has 2 aromatic rings. The van der Waals surface area contributed by atoms with E-state index >= 15 is 0 Å². The van der Waals surface area contributed by atoms with E-state index in [-0.39, 0.29) is 11.9 Å². The van der Waals surface area contributed by atoms with Gasteiger partial charge in [0.2, 0.25) is 0 Å². The summed E-state index contributed by atoms with van der Waals surface area (Å²) < 4.78 is 20.2. The van der Waals surface area contributed by atoms with E-state index in [2.05, 4.69) is 27.6 Å². The van der Waals surface area contributed by atoms with E-state index < -0.39 is 0 Å². The van der Waals surface area contributed by atoms with Crippen LogP contribution in [-0.4, -0.2) is 4.98 Å². The summed E-state index contributed by atoms with van der Waals surface area (Å²) >= 11 is 2.17. The Labute approximate surface area is 125 Å². The molecule has 5 heteroatoms. The highest BCUT2D eigenvalue weighted by Gasteiger charge is 2.16. The van der Waals surface area contributed by atoms with Crippen LogP contribution < -0.4 is 10.5 Å². The van der Waals surface area contributed by atoms with Gasteiger partial charge in [-0.2, -0.15) is 0 Å². The third-order valence-electron chi connectivity index (χ3n) is 2.74. The van der Waals surface area contributed by atoms with E-state index in [0.717, 1.165) is 9.13 Å². The normalized spacial score (nSPS) is 12.2. The second kappa shape index (κ2) is 6.18. The first-order chi connectivity index (χ1) is 9.11. The SMILES string of the molecule is CC[C@H](Oc1cccnc1N)c1cc(F)ccc1I. The molecular formula is C14H14FIN2O. The van der Waals surface area contributed by atoms with E-state index in [9.17, 15) is 4.39 Å². The number of rotatable bonds is 4. The summed E-state index contributed by atoms with van der Waals surface area (Å²) in [6, 6.07) is 8.20. The van der Waals surface area contributed by atoms with Gasteiger partial charge in [0.1, 0.15) is 11.9 Å². The maximum atomic E-state index is 13.4. The minimum absolute atomic E-state index is 0.242. The third-order valence-corrected chi connectivity index (χ3v) is 3.73. The predicted octanol–water partition coefficient (Wildman–Crippen LogP) is 3.94. The number of ether oxygens (including phenoxy) is 1. The van der Waals surface area contributed by atoms with Crippen LogP contribution in [0.25, 0.3) is 0 Å². The molecule has 100 valence electrons. The first-order valence-corrected chi connectivity index (χ1v) is 7.01. The smallest absolute Gasteiger partial charge is 0.166 e. The Morgan fingerprint density at radius 3 is 2.89 bits per heavy atom. The van der Waals surface area contributed by atoms with Crippen LogP contribution >= 0.6 is 22.6 Å². The van der Waals surface area contributed by atoms with Crippen LogP contribution in [-0.2, 0) is 0 Å². The van der Waals surface area contributed by atoms with Crippen molar-refractivity contribution in [1.29, 1.82) is 0 Å². The first kappa shape index (κ1) is 14.0. The Kier molecular flexibility index (Phi) is 4.57. The molecule has 2 N–H and O–H groups in total. The molecule has 0 bridgehead atoms. The van der Waals surface area contributed by atoms with Gasteiger partial charge in [-0.05, 0) is 59.3 Å². The molecule has 0 saturated heterocycles. The molecule has 0 fully saturated rings. The van der Waals surface area contributed by atoms with E-state index in [4.69, 9.17) is 10.5 Å². The lowest BCUT2D eigenvalue weighted by atomic mass is 10.1. The zero-order chi connectivity index (χ0) is 13.8. The van der Waals surface area contributed by atoms with Gasteiger partial charge < -0.3 is 10.5 Å². The second-order valence-corrected chi connectivity index (χ2v) is 5.23. The van der Waals surface area contributed by atoms with Crippen LogP contribution in [0.4, 0.5) is 10.2 Å². The second-order valence-electron chi connectivity index (χ2n) is 4.07. The van der Waals surface area contributed by atoms with E-state index in [1.165, 1.54) is 12.1 Å². The maximum Gasteiger partial charge on any atom is 0.166 e. The summed E-state index contributed by atoms with van der Waals surface area (Å²) in [6.45, 7) is 1.98. The van der Waals surface area contributed by atoms with Crippen molar-refractivity contribution in [3.63, 3.8) is 0 Å². The topological polar surface area (TPSA) is 48.1 Å². The zero-order valence-electron chi connectivity index (χ0n) is 10.4. The Morgan fingerprint density at radius 2 is 2.21 bits per heavy atom. The molecule has 19 heavy (non-hydrogen) atoms. The number of pyridine rings is 1. The molecular weight excluding hydrogens is 358 g/mol. The highest BCUT2D eigenvalue weighted by Crippen LogP contribution is 2.30. The molecule has 0 aliphatic heterocycles. The summed E-state index contributed by atoms with van der Waals surface area (Å²) in [4.78, 5) is 3.98. The van der Waals surface area contributed by atoms with Crippen molar-refractivity contribution in [1.82, 2.24) is 4.98 Å². The van der Waals surface area contributed by atoms with Crippen molar-refractivity contribution in [3.8, 4) is 5.75 Å². The number of hydrogen-bond acceptors (Lipinski definition) is 3. The fourth-order valence-electron chi connectivity index (χ4n) is 1.78. The largest absolute Gasteiger partial charge is 0.482 e. The Hall–Kier alpha value is -1.37. The van der Waals surface area contributed by atoms with Crippen molar-refractivity contribution in [2.75, 3.05) is 5.73 Å². The maximum absolute atomic E-state index is 13.4. The Morgan fingerprint density at radius 1 is 1.42 bits per heavy atom. The quantitative estimate of drug-likeness (QED) is 0.828. The minimum atomic E-state index is -0.267. The fourth-order valence-corrected chi connectivity index (χ4v) is 2.47. The monoisotopic (exact) mass is 372 g/mol. The lowest BCUT2D eigenvalue weighted by Gasteiger charge is -2.20. The molecule has 3 nitrogen and oxygen atoms in total. The minimum Gasteiger partial charge on any atom is -0.482 e. The van der Waals surface area contributed by atoms with Crippen LogP contribution in [0.15, 0.2) is 36.5 Å². The number of halogens is 2. The fraction of sp³-hybridized carbons (Fsp3) is 0.214. The molecule has 1 heterocycles. The summed E-state index contributed by atoms with van der Waals surface area (Å²) in [5.74, 6) is 0.596. The van der Waals surface area contributed by atoms with Crippen molar-refractivity contribution in [2.24, 2.45) is 0 Å². The summed E-state index contributed by atoms with van der Waals surface area (Å²) in [6.07, 6.45) is 2.08. The molecule has 1 atom stereocenters. The molecule has 0 aliphatic rings. The summed E-state index contributed by atoms with van der Waals surface area (Å²) in [5.41, 5.74) is 6.58. The van der Waals surface area contributed by atoms with E-state index in [1.54, 1.807) is 24.4 Å². The number of hydrogen-bond donors (Lipinski definition) is 1. The third kappa shape index (κ3) is 3.34. The Bertz CT molecular complexity index is 577. The van der Waals surface area contributed by atoms with Crippen LogP contribution in [0.5, 0.6) is 5.75 Å². The molecule has 0 amide bonds. The van der Waals surface area contributed by atoms with Gasteiger partial charge >= 0.3 is 0 Å². The Balaban J connectivity index is 2.30. The number of benzene rings is 1. The highest BCUT2D eigenvalue weighted by atomic mass is 127. The van der Waals surface area contributed by atoms with Gasteiger partial charge in [0, 0.05) is 15.3 Å². The van der Waals surface area contributed by atoms with Crippen molar-refractivity contribution in [3.05, 3.63) is 51.5 Å². The number of nitrogens with zero attached hydrogens (tertiary/aromatic N) is 1. The first-order valence-electron chi connectivity index (χ1n) is 5.94. The lowest BCUT2D eigenvalue weighted by Crippen LogP contribution is -2.10. The molecule has 0 aliphatic carbocycles. The van der Waals surface area contributed by atoms with Crippen LogP contribution in [0.2, 0.25) is 0 Å². The molecule has 0 radical (unpaired) electrons. The number of anilines is 1. The van der Waals surface area contributed by atoms with Crippen LogP contribution in [0.3, 0.4) is 0 Å². The van der Waals surface area contributed by atoms with Crippen LogP contribution in [0.1, 0.15) is 25.0 Å².